The van der Waals surface area contributed by atoms with Gasteiger partial charge in [-0.1, -0.05) is 18.0 Å². The lowest BCUT2D eigenvalue weighted by Crippen LogP contribution is -2.38. The Morgan fingerprint density at radius 2 is 2.05 bits per heavy atom. The zero-order valence-electron chi connectivity index (χ0n) is 10.7. The molecular formula is C12H19N5O2. The van der Waals surface area contributed by atoms with Crippen LogP contribution in [0.5, 0.6) is 0 Å². The van der Waals surface area contributed by atoms with E-state index in [9.17, 15) is 5.11 Å². The van der Waals surface area contributed by atoms with E-state index in [0.717, 1.165) is 12.8 Å². The second-order valence-corrected chi connectivity index (χ2v) is 4.57. The monoisotopic (exact) mass is 265 g/mol. The van der Waals surface area contributed by atoms with E-state index in [1.807, 2.05) is 4.90 Å². The van der Waals surface area contributed by atoms with Crippen molar-refractivity contribution in [1.82, 2.24) is 9.97 Å². The van der Waals surface area contributed by atoms with E-state index < -0.39 is 0 Å². The molecule has 0 unspecified atom stereocenters. The molecule has 7 nitrogen and oxygen atoms in total. The zero-order chi connectivity index (χ0) is 13.7. The van der Waals surface area contributed by atoms with Crippen LogP contribution < -0.4 is 10.6 Å². The van der Waals surface area contributed by atoms with Gasteiger partial charge in [0.2, 0.25) is 0 Å². The molecule has 0 bridgehead atoms. The van der Waals surface area contributed by atoms with Gasteiger partial charge in [-0.05, 0) is 12.8 Å². The fourth-order valence-corrected chi connectivity index (χ4v) is 2.55. The number of amidine groups is 1. The minimum atomic E-state index is -0.0657. The molecule has 1 aliphatic carbocycles. The first-order valence-corrected chi connectivity index (χ1v) is 6.44. The van der Waals surface area contributed by atoms with Crippen LogP contribution in [0.2, 0.25) is 0 Å². The van der Waals surface area contributed by atoms with Gasteiger partial charge in [-0.2, -0.15) is 0 Å². The molecule has 1 aliphatic rings. The topological polar surface area (TPSA) is 108 Å². The van der Waals surface area contributed by atoms with Gasteiger partial charge in [0.1, 0.15) is 0 Å². The molecule has 1 saturated carbocycles. The van der Waals surface area contributed by atoms with Gasteiger partial charge in [-0.25, -0.2) is 9.97 Å². The second-order valence-electron chi connectivity index (χ2n) is 4.57. The third-order valence-electron chi connectivity index (χ3n) is 3.41. The highest BCUT2D eigenvalue weighted by Crippen LogP contribution is 2.28. The van der Waals surface area contributed by atoms with Gasteiger partial charge in [-0.3, -0.25) is 0 Å². The Bertz CT molecular complexity index is 446. The summed E-state index contributed by atoms with van der Waals surface area (Å²) in [6, 6.07) is 0.328. The van der Waals surface area contributed by atoms with Crippen LogP contribution in [-0.4, -0.2) is 45.3 Å². The molecule has 0 aromatic carbocycles. The molecule has 1 fully saturated rings. The van der Waals surface area contributed by atoms with E-state index in [-0.39, 0.29) is 12.4 Å². The summed E-state index contributed by atoms with van der Waals surface area (Å²) in [5.74, 6) is 0.503. The summed E-state index contributed by atoms with van der Waals surface area (Å²) in [5.41, 5.74) is 5.99. The average Bonchev–Trinajstić information content (AvgIpc) is 2.98. The number of rotatable bonds is 5. The molecule has 0 amide bonds. The van der Waals surface area contributed by atoms with Gasteiger partial charge in [0.15, 0.2) is 17.3 Å². The molecular weight excluding hydrogens is 246 g/mol. The third-order valence-corrected chi connectivity index (χ3v) is 3.41. The fraction of sp³-hybridized carbons (Fsp3) is 0.583. The molecule has 0 atom stereocenters. The first-order chi connectivity index (χ1) is 9.27. The van der Waals surface area contributed by atoms with E-state index in [4.69, 9.17) is 10.9 Å². The lowest BCUT2D eigenvalue weighted by Gasteiger charge is -2.30. The van der Waals surface area contributed by atoms with Crippen LogP contribution in [0.25, 0.3) is 0 Å². The predicted octanol–water partition coefficient (Wildman–Crippen LogP) is 0.312. The zero-order valence-corrected chi connectivity index (χ0v) is 10.7. The minimum absolute atomic E-state index is 0.0304. The SMILES string of the molecule is NC(=NO)c1nccnc1N(CCO)C1CCCC1. The standard InChI is InChI=1S/C12H19N5O2/c13-11(16-19)10-12(15-6-5-14-10)17(7-8-18)9-3-1-2-4-9/h5-6,9,18-19H,1-4,7-8H2,(H2,13,16). The Morgan fingerprint density at radius 1 is 1.37 bits per heavy atom. The van der Waals surface area contributed by atoms with Gasteiger partial charge in [0.25, 0.3) is 0 Å². The number of hydrogen-bond donors (Lipinski definition) is 3. The predicted molar refractivity (Wildman–Crippen MR) is 71.2 cm³/mol. The van der Waals surface area contributed by atoms with Crippen molar-refractivity contribution < 1.29 is 10.3 Å². The second kappa shape index (κ2) is 6.33. The third kappa shape index (κ3) is 2.93. The van der Waals surface area contributed by atoms with Crippen molar-refractivity contribution in [3.63, 3.8) is 0 Å². The lowest BCUT2D eigenvalue weighted by molar-refractivity contribution is 0.296. The van der Waals surface area contributed by atoms with Crippen LogP contribution in [0, 0.1) is 0 Å². The normalized spacial score (nSPS) is 16.8. The molecule has 0 aliphatic heterocycles. The van der Waals surface area contributed by atoms with Gasteiger partial charge >= 0.3 is 0 Å². The number of oxime groups is 1. The van der Waals surface area contributed by atoms with Gasteiger partial charge in [0, 0.05) is 25.0 Å². The molecule has 0 radical (unpaired) electrons. The number of nitrogens with two attached hydrogens (primary N) is 1. The maximum Gasteiger partial charge on any atom is 0.192 e. The smallest absolute Gasteiger partial charge is 0.192 e. The number of aromatic nitrogens is 2. The van der Waals surface area contributed by atoms with Crippen molar-refractivity contribution in [2.75, 3.05) is 18.1 Å². The summed E-state index contributed by atoms with van der Waals surface area (Å²) < 4.78 is 0. The Kier molecular flexibility index (Phi) is 4.51. The number of nitrogens with zero attached hydrogens (tertiary/aromatic N) is 4. The van der Waals surface area contributed by atoms with Gasteiger partial charge < -0.3 is 20.9 Å². The van der Waals surface area contributed by atoms with Crippen molar-refractivity contribution in [3.8, 4) is 0 Å². The molecule has 1 heterocycles. The van der Waals surface area contributed by atoms with Crippen LogP contribution in [-0.2, 0) is 0 Å². The number of aliphatic hydroxyl groups excluding tert-OH is 1. The maximum atomic E-state index is 9.24. The fourth-order valence-electron chi connectivity index (χ4n) is 2.55. The number of hydrogen-bond acceptors (Lipinski definition) is 6. The van der Waals surface area contributed by atoms with Crippen LogP contribution in [0.3, 0.4) is 0 Å². The minimum Gasteiger partial charge on any atom is -0.409 e. The van der Waals surface area contributed by atoms with E-state index in [0.29, 0.717) is 24.1 Å². The van der Waals surface area contributed by atoms with E-state index in [2.05, 4.69) is 15.1 Å². The van der Waals surface area contributed by atoms with Crippen LogP contribution in [0.1, 0.15) is 31.4 Å². The van der Waals surface area contributed by atoms with Crippen molar-refractivity contribution >= 4 is 11.7 Å². The molecule has 1 aromatic heterocycles. The Balaban J connectivity index is 2.35. The Hall–Kier alpha value is -1.89. The largest absolute Gasteiger partial charge is 0.409 e. The van der Waals surface area contributed by atoms with E-state index >= 15 is 0 Å². The van der Waals surface area contributed by atoms with Gasteiger partial charge in [-0.15, -0.1) is 0 Å². The molecule has 104 valence electrons. The summed E-state index contributed by atoms with van der Waals surface area (Å²) in [7, 11) is 0. The average molecular weight is 265 g/mol. The Morgan fingerprint density at radius 3 is 2.68 bits per heavy atom. The van der Waals surface area contributed by atoms with Crippen molar-refractivity contribution in [2.45, 2.75) is 31.7 Å². The van der Waals surface area contributed by atoms with E-state index in [1.165, 1.54) is 19.0 Å². The number of anilines is 1. The maximum absolute atomic E-state index is 9.24. The Labute approximate surface area is 111 Å². The summed E-state index contributed by atoms with van der Waals surface area (Å²) in [5, 5.41) is 21.1. The first kappa shape index (κ1) is 13.5. The van der Waals surface area contributed by atoms with Crippen LogP contribution in [0.4, 0.5) is 5.82 Å². The van der Waals surface area contributed by atoms with Crippen molar-refractivity contribution in [1.29, 1.82) is 0 Å². The van der Waals surface area contributed by atoms with Crippen LogP contribution in [0.15, 0.2) is 17.5 Å². The molecule has 19 heavy (non-hydrogen) atoms. The summed E-state index contributed by atoms with van der Waals surface area (Å²) in [6.07, 6.45) is 7.54. The van der Waals surface area contributed by atoms with Gasteiger partial charge in [0.05, 0.1) is 6.61 Å². The summed E-state index contributed by atoms with van der Waals surface area (Å²) >= 11 is 0. The highest BCUT2D eigenvalue weighted by atomic mass is 16.4. The van der Waals surface area contributed by atoms with Crippen molar-refractivity contribution in [3.05, 3.63) is 18.1 Å². The molecule has 4 N–H and O–H groups in total. The first-order valence-electron chi connectivity index (χ1n) is 6.44. The highest BCUT2D eigenvalue weighted by molar-refractivity contribution is 5.99. The van der Waals surface area contributed by atoms with E-state index in [1.54, 1.807) is 6.20 Å². The molecule has 1 aromatic rings. The molecule has 7 heteroatoms. The number of aliphatic hydroxyl groups is 1. The van der Waals surface area contributed by atoms with Crippen molar-refractivity contribution in [2.24, 2.45) is 10.9 Å². The molecule has 0 saturated heterocycles. The summed E-state index contributed by atoms with van der Waals surface area (Å²) in [4.78, 5) is 10.4. The quantitative estimate of drug-likeness (QED) is 0.306. The highest BCUT2D eigenvalue weighted by Gasteiger charge is 2.26. The van der Waals surface area contributed by atoms with Crippen LogP contribution >= 0.6 is 0 Å². The summed E-state index contributed by atoms with van der Waals surface area (Å²) in [6.45, 7) is 0.498. The molecule has 0 spiro atoms. The lowest BCUT2D eigenvalue weighted by atomic mass is 10.2. The molecule has 2 rings (SSSR count).